The van der Waals surface area contributed by atoms with Crippen molar-refractivity contribution in [3.8, 4) is 11.5 Å². The number of carbonyl (C=O) groups excluding carboxylic acids is 1. The fraction of sp³-hybridized carbons (Fsp3) is 0.240. The standard InChI is InChI=1S/C25H28N2O5S/c1-20-8-12-23(13-9-20)31-17-16-26-25(28)18-27(33(2,29)30)22-10-14-24(15-11-22)32-19-21-6-4-3-5-7-21/h3-15H,16-19H2,1-2H3,(H,26,28). The van der Waals surface area contributed by atoms with Gasteiger partial charge in [-0.25, -0.2) is 8.42 Å². The molecule has 0 aliphatic rings. The van der Waals surface area contributed by atoms with Gasteiger partial charge in [-0.05, 0) is 48.9 Å². The summed E-state index contributed by atoms with van der Waals surface area (Å²) in [5.41, 5.74) is 2.55. The number of hydrogen-bond donors (Lipinski definition) is 1. The predicted octanol–water partition coefficient (Wildman–Crippen LogP) is 3.54. The maximum Gasteiger partial charge on any atom is 0.240 e. The van der Waals surface area contributed by atoms with E-state index in [0.717, 1.165) is 21.7 Å². The van der Waals surface area contributed by atoms with Crippen LogP contribution in [0.5, 0.6) is 11.5 Å². The molecular formula is C25H28N2O5S. The molecule has 3 rings (SSSR count). The van der Waals surface area contributed by atoms with Crippen LogP contribution in [0.2, 0.25) is 0 Å². The van der Waals surface area contributed by atoms with E-state index in [1.807, 2.05) is 61.5 Å². The minimum Gasteiger partial charge on any atom is -0.492 e. The summed E-state index contributed by atoms with van der Waals surface area (Å²) < 4.78 is 37.0. The van der Waals surface area contributed by atoms with Gasteiger partial charge in [0.15, 0.2) is 0 Å². The van der Waals surface area contributed by atoms with Crippen molar-refractivity contribution in [2.45, 2.75) is 13.5 Å². The molecule has 33 heavy (non-hydrogen) atoms. The Morgan fingerprint density at radius 3 is 2.12 bits per heavy atom. The molecule has 0 spiro atoms. The Morgan fingerprint density at radius 1 is 0.879 bits per heavy atom. The SMILES string of the molecule is Cc1ccc(OCCNC(=O)CN(c2ccc(OCc3ccccc3)cc2)S(C)(=O)=O)cc1. The van der Waals surface area contributed by atoms with Crippen LogP contribution in [0.15, 0.2) is 78.9 Å². The van der Waals surface area contributed by atoms with Crippen LogP contribution in [0, 0.1) is 6.92 Å². The normalized spacial score (nSPS) is 11.0. The second kappa shape index (κ2) is 11.4. The van der Waals surface area contributed by atoms with Crippen LogP contribution in [0.25, 0.3) is 0 Å². The lowest BCUT2D eigenvalue weighted by molar-refractivity contribution is -0.119. The van der Waals surface area contributed by atoms with Crippen LogP contribution in [0.1, 0.15) is 11.1 Å². The largest absolute Gasteiger partial charge is 0.492 e. The summed E-state index contributed by atoms with van der Waals surface area (Å²) in [6, 6.07) is 23.9. The first-order valence-electron chi connectivity index (χ1n) is 10.5. The van der Waals surface area contributed by atoms with E-state index in [1.54, 1.807) is 24.3 Å². The third-order valence-corrected chi connectivity index (χ3v) is 5.92. The molecule has 0 unspecified atom stereocenters. The third-order valence-electron chi connectivity index (χ3n) is 4.77. The van der Waals surface area contributed by atoms with Crippen molar-refractivity contribution in [2.75, 3.05) is 30.3 Å². The number of rotatable bonds is 11. The highest BCUT2D eigenvalue weighted by Gasteiger charge is 2.20. The van der Waals surface area contributed by atoms with Gasteiger partial charge in [-0.3, -0.25) is 9.10 Å². The predicted molar refractivity (Wildman–Crippen MR) is 129 cm³/mol. The third kappa shape index (κ3) is 7.84. The minimum atomic E-state index is -3.66. The number of amides is 1. The molecule has 3 aromatic carbocycles. The number of carbonyl (C=O) groups is 1. The smallest absolute Gasteiger partial charge is 0.240 e. The van der Waals surface area contributed by atoms with Gasteiger partial charge in [0.25, 0.3) is 0 Å². The highest BCUT2D eigenvalue weighted by atomic mass is 32.2. The number of hydrogen-bond acceptors (Lipinski definition) is 5. The molecule has 0 saturated heterocycles. The quantitative estimate of drug-likeness (QED) is 0.435. The summed E-state index contributed by atoms with van der Waals surface area (Å²) >= 11 is 0. The Kier molecular flexibility index (Phi) is 8.32. The Bertz CT molecular complexity index is 1130. The van der Waals surface area contributed by atoms with Crippen LogP contribution in [0.4, 0.5) is 5.69 Å². The zero-order valence-electron chi connectivity index (χ0n) is 18.7. The molecule has 1 amide bonds. The van der Waals surface area contributed by atoms with Crippen LogP contribution < -0.4 is 19.1 Å². The lowest BCUT2D eigenvalue weighted by Gasteiger charge is -2.22. The van der Waals surface area contributed by atoms with E-state index in [0.29, 0.717) is 23.8 Å². The van der Waals surface area contributed by atoms with E-state index >= 15 is 0 Å². The Labute approximate surface area is 195 Å². The van der Waals surface area contributed by atoms with Crippen molar-refractivity contribution >= 4 is 21.6 Å². The van der Waals surface area contributed by atoms with Gasteiger partial charge in [0.05, 0.1) is 18.5 Å². The first-order valence-corrected chi connectivity index (χ1v) is 12.4. The van der Waals surface area contributed by atoms with Crippen LogP contribution in [0.3, 0.4) is 0 Å². The summed E-state index contributed by atoms with van der Waals surface area (Å²) in [4.78, 5) is 12.4. The van der Waals surface area contributed by atoms with Gasteiger partial charge in [-0.2, -0.15) is 0 Å². The molecule has 0 bridgehead atoms. The van der Waals surface area contributed by atoms with Crippen molar-refractivity contribution in [3.63, 3.8) is 0 Å². The van der Waals surface area contributed by atoms with E-state index in [-0.39, 0.29) is 19.7 Å². The van der Waals surface area contributed by atoms with Gasteiger partial charge >= 0.3 is 0 Å². The lowest BCUT2D eigenvalue weighted by atomic mass is 10.2. The fourth-order valence-electron chi connectivity index (χ4n) is 3.03. The van der Waals surface area contributed by atoms with Gasteiger partial charge in [0.2, 0.25) is 15.9 Å². The van der Waals surface area contributed by atoms with E-state index < -0.39 is 15.9 Å². The molecular weight excluding hydrogens is 440 g/mol. The number of sulfonamides is 1. The summed E-state index contributed by atoms with van der Waals surface area (Å²) in [7, 11) is -3.66. The highest BCUT2D eigenvalue weighted by Crippen LogP contribution is 2.22. The van der Waals surface area contributed by atoms with E-state index in [1.165, 1.54) is 0 Å². The molecule has 0 heterocycles. The molecule has 1 N–H and O–H groups in total. The summed E-state index contributed by atoms with van der Waals surface area (Å²) in [5.74, 6) is 0.897. The molecule has 174 valence electrons. The molecule has 7 nitrogen and oxygen atoms in total. The van der Waals surface area contributed by atoms with Crippen molar-refractivity contribution in [1.29, 1.82) is 0 Å². The fourth-order valence-corrected chi connectivity index (χ4v) is 3.89. The molecule has 0 atom stereocenters. The molecule has 0 saturated carbocycles. The molecule has 0 radical (unpaired) electrons. The van der Waals surface area contributed by atoms with Crippen LogP contribution in [-0.4, -0.2) is 40.3 Å². The summed E-state index contributed by atoms with van der Waals surface area (Å²) in [5, 5.41) is 2.69. The van der Waals surface area contributed by atoms with E-state index in [2.05, 4.69) is 5.32 Å². The molecule has 3 aromatic rings. The number of aryl methyl sites for hydroxylation is 1. The lowest BCUT2D eigenvalue weighted by Crippen LogP contribution is -2.41. The van der Waals surface area contributed by atoms with Crippen molar-refractivity contribution in [3.05, 3.63) is 90.0 Å². The Morgan fingerprint density at radius 2 is 1.48 bits per heavy atom. The monoisotopic (exact) mass is 468 g/mol. The minimum absolute atomic E-state index is 0.260. The van der Waals surface area contributed by atoms with Gasteiger partial charge < -0.3 is 14.8 Å². The first kappa shape index (κ1) is 24.1. The first-order chi connectivity index (χ1) is 15.8. The van der Waals surface area contributed by atoms with E-state index in [4.69, 9.17) is 9.47 Å². The number of nitrogens with zero attached hydrogens (tertiary/aromatic N) is 1. The Balaban J connectivity index is 1.52. The highest BCUT2D eigenvalue weighted by molar-refractivity contribution is 7.92. The molecule has 8 heteroatoms. The average Bonchev–Trinajstić information content (AvgIpc) is 2.80. The number of anilines is 1. The maximum atomic E-state index is 12.4. The number of nitrogens with one attached hydrogen (secondary N) is 1. The summed E-state index contributed by atoms with van der Waals surface area (Å²) in [6.07, 6.45) is 1.07. The van der Waals surface area contributed by atoms with Crippen LogP contribution >= 0.6 is 0 Å². The van der Waals surface area contributed by atoms with Gasteiger partial charge in [0, 0.05) is 0 Å². The average molecular weight is 469 g/mol. The zero-order valence-corrected chi connectivity index (χ0v) is 19.5. The van der Waals surface area contributed by atoms with Crippen molar-refractivity contribution in [1.82, 2.24) is 5.32 Å². The number of ether oxygens (including phenoxy) is 2. The van der Waals surface area contributed by atoms with Gasteiger partial charge in [0.1, 0.15) is 31.3 Å². The second-order valence-corrected chi connectivity index (χ2v) is 9.46. The molecule has 0 aromatic heterocycles. The van der Waals surface area contributed by atoms with E-state index in [9.17, 15) is 13.2 Å². The summed E-state index contributed by atoms with van der Waals surface area (Å²) in [6.45, 7) is 2.61. The molecule has 0 fully saturated rings. The van der Waals surface area contributed by atoms with Gasteiger partial charge in [-0.15, -0.1) is 0 Å². The Hall–Kier alpha value is -3.52. The number of benzene rings is 3. The van der Waals surface area contributed by atoms with Crippen LogP contribution in [-0.2, 0) is 21.4 Å². The van der Waals surface area contributed by atoms with Crippen molar-refractivity contribution in [2.24, 2.45) is 0 Å². The second-order valence-electron chi connectivity index (χ2n) is 7.55. The maximum absolute atomic E-state index is 12.4. The molecule has 0 aliphatic carbocycles. The molecule has 0 aliphatic heterocycles. The topological polar surface area (TPSA) is 84.9 Å². The zero-order chi connectivity index (χ0) is 23.7. The van der Waals surface area contributed by atoms with Gasteiger partial charge in [-0.1, -0.05) is 48.0 Å². The van der Waals surface area contributed by atoms with Crippen molar-refractivity contribution < 1.29 is 22.7 Å².